The van der Waals surface area contributed by atoms with E-state index in [1.807, 2.05) is 35.1 Å². The van der Waals surface area contributed by atoms with E-state index in [0.29, 0.717) is 5.69 Å². The van der Waals surface area contributed by atoms with Crippen molar-refractivity contribution >= 4 is 21.6 Å². The van der Waals surface area contributed by atoms with Gasteiger partial charge < -0.3 is 5.73 Å². The Morgan fingerprint density at radius 1 is 1.14 bits per heavy atom. The zero-order valence-corrected chi connectivity index (χ0v) is 12.4. The van der Waals surface area contributed by atoms with E-state index in [1.165, 1.54) is 12.1 Å². The lowest BCUT2D eigenvalue weighted by molar-refractivity contribution is -0.119. The third-order valence-corrected chi connectivity index (χ3v) is 4.36. The minimum Gasteiger partial charge on any atom is -0.398 e. The maximum Gasteiger partial charge on any atom is 0.264 e. The first-order valence-corrected chi connectivity index (χ1v) is 7.93. The van der Waals surface area contributed by atoms with Gasteiger partial charge >= 0.3 is 0 Å². The number of carbonyl (C=O) groups is 1. The lowest BCUT2D eigenvalue weighted by Crippen LogP contribution is -2.29. The first-order valence-electron chi connectivity index (χ1n) is 6.44. The molecule has 0 saturated carbocycles. The van der Waals surface area contributed by atoms with Gasteiger partial charge in [-0.3, -0.25) is 4.79 Å². The first kappa shape index (κ1) is 15.1. The van der Waals surface area contributed by atoms with Crippen molar-refractivity contribution in [3.05, 3.63) is 48.5 Å². The van der Waals surface area contributed by atoms with Crippen LogP contribution in [0.25, 0.3) is 11.1 Å². The molecule has 0 atom stereocenters. The number of carbonyl (C=O) groups excluding carboxylic acids is 1. The number of hydrogen-bond acceptors (Lipinski definition) is 4. The standard InChI is InChI=1S/C15H16N2O3S/c1-2-15(18)17-21(19,20)12-8-9-13(14(16)10-12)11-6-4-3-5-7-11/h3-10H,2,16H2,1H3,(H,17,18). The topological polar surface area (TPSA) is 89.3 Å². The molecule has 1 amide bonds. The third kappa shape index (κ3) is 3.41. The average molecular weight is 304 g/mol. The Balaban J connectivity index is 2.38. The Labute approximate surface area is 123 Å². The number of sulfonamides is 1. The molecule has 6 heteroatoms. The lowest BCUT2D eigenvalue weighted by atomic mass is 10.0. The molecule has 0 heterocycles. The third-order valence-electron chi connectivity index (χ3n) is 2.99. The minimum atomic E-state index is -3.87. The van der Waals surface area contributed by atoms with Crippen molar-refractivity contribution in [1.29, 1.82) is 0 Å². The van der Waals surface area contributed by atoms with E-state index in [0.717, 1.165) is 11.1 Å². The van der Waals surface area contributed by atoms with E-state index in [4.69, 9.17) is 5.73 Å². The molecular formula is C15H16N2O3S. The lowest BCUT2D eigenvalue weighted by Gasteiger charge is -2.10. The molecule has 0 saturated heterocycles. The van der Waals surface area contributed by atoms with Gasteiger partial charge in [0.15, 0.2) is 0 Å². The minimum absolute atomic E-state index is 0.0264. The summed E-state index contributed by atoms with van der Waals surface area (Å²) in [6, 6.07) is 13.8. The monoisotopic (exact) mass is 304 g/mol. The molecule has 0 bridgehead atoms. The Kier molecular flexibility index (Phi) is 4.28. The maximum absolute atomic E-state index is 12.0. The summed E-state index contributed by atoms with van der Waals surface area (Å²) < 4.78 is 26.0. The smallest absolute Gasteiger partial charge is 0.264 e. The van der Waals surface area contributed by atoms with Crippen molar-refractivity contribution in [3.63, 3.8) is 0 Å². The molecule has 2 aromatic rings. The van der Waals surface area contributed by atoms with Gasteiger partial charge in [-0.1, -0.05) is 43.3 Å². The predicted octanol–water partition coefficient (Wildman–Crippen LogP) is 2.15. The molecule has 0 fully saturated rings. The number of amides is 1. The summed E-state index contributed by atoms with van der Waals surface area (Å²) in [6.45, 7) is 1.58. The molecule has 0 aliphatic rings. The highest BCUT2D eigenvalue weighted by molar-refractivity contribution is 7.90. The van der Waals surface area contributed by atoms with Crippen LogP contribution in [0.15, 0.2) is 53.4 Å². The molecular weight excluding hydrogens is 288 g/mol. The Morgan fingerprint density at radius 2 is 1.81 bits per heavy atom. The molecule has 110 valence electrons. The van der Waals surface area contributed by atoms with Crippen molar-refractivity contribution in [2.45, 2.75) is 18.2 Å². The predicted molar refractivity (Wildman–Crippen MR) is 81.9 cm³/mol. The molecule has 0 radical (unpaired) electrons. The molecule has 3 N–H and O–H groups in total. The highest BCUT2D eigenvalue weighted by atomic mass is 32.2. The van der Waals surface area contributed by atoms with Crippen LogP contribution in [0, 0.1) is 0 Å². The largest absolute Gasteiger partial charge is 0.398 e. The van der Waals surface area contributed by atoms with E-state index in [9.17, 15) is 13.2 Å². The molecule has 0 aliphatic carbocycles. The highest BCUT2D eigenvalue weighted by Crippen LogP contribution is 2.27. The molecule has 0 aromatic heterocycles. The number of nitrogens with two attached hydrogens (primary N) is 1. The van der Waals surface area contributed by atoms with Gasteiger partial charge in [-0.05, 0) is 17.7 Å². The van der Waals surface area contributed by atoms with Crippen molar-refractivity contribution in [3.8, 4) is 11.1 Å². The van der Waals surface area contributed by atoms with Crippen molar-refractivity contribution in [1.82, 2.24) is 4.72 Å². The zero-order chi connectivity index (χ0) is 15.5. The van der Waals surface area contributed by atoms with E-state index in [1.54, 1.807) is 13.0 Å². The number of nitrogens with one attached hydrogen (secondary N) is 1. The Hall–Kier alpha value is -2.34. The van der Waals surface area contributed by atoms with Crippen molar-refractivity contribution in [2.24, 2.45) is 0 Å². The zero-order valence-electron chi connectivity index (χ0n) is 11.5. The molecule has 0 unspecified atom stereocenters. The van der Waals surface area contributed by atoms with Gasteiger partial charge in [0, 0.05) is 17.7 Å². The van der Waals surface area contributed by atoms with Gasteiger partial charge in [-0.15, -0.1) is 0 Å². The summed E-state index contributed by atoms with van der Waals surface area (Å²) in [5.74, 6) is -0.555. The molecule has 21 heavy (non-hydrogen) atoms. The van der Waals surface area contributed by atoms with Crippen molar-refractivity contribution < 1.29 is 13.2 Å². The number of rotatable bonds is 4. The first-order chi connectivity index (χ1) is 9.94. The van der Waals surface area contributed by atoms with Crippen LogP contribution in [0.5, 0.6) is 0 Å². The second kappa shape index (κ2) is 5.97. The van der Waals surface area contributed by atoms with Gasteiger partial charge in [-0.25, -0.2) is 13.1 Å². The fraction of sp³-hybridized carbons (Fsp3) is 0.133. The number of nitrogen functional groups attached to an aromatic ring is 1. The summed E-state index contributed by atoms with van der Waals surface area (Å²) in [7, 11) is -3.87. The second-order valence-electron chi connectivity index (χ2n) is 4.50. The second-order valence-corrected chi connectivity index (χ2v) is 6.18. The summed E-state index contributed by atoms with van der Waals surface area (Å²) in [5, 5.41) is 0. The molecule has 2 rings (SSSR count). The van der Waals surface area contributed by atoms with E-state index in [-0.39, 0.29) is 11.3 Å². The van der Waals surface area contributed by atoms with Crippen LogP contribution in [0.4, 0.5) is 5.69 Å². The molecule has 0 aliphatic heterocycles. The SMILES string of the molecule is CCC(=O)NS(=O)(=O)c1ccc(-c2ccccc2)c(N)c1. The van der Waals surface area contributed by atoms with Crippen LogP contribution in [0.3, 0.4) is 0 Å². The van der Waals surface area contributed by atoms with Gasteiger partial charge in [0.05, 0.1) is 4.90 Å². The molecule has 5 nitrogen and oxygen atoms in total. The fourth-order valence-corrected chi connectivity index (χ4v) is 2.96. The van der Waals surface area contributed by atoms with Crippen LogP contribution in [0.2, 0.25) is 0 Å². The van der Waals surface area contributed by atoms with Crippen LogP contribution in [-0.4, -0.2) is 14.3 Å². The number of anilines is 1. The number of hydrogen-bond donors (Lipinski definition) is 2. The Morgan fingerprint density at radius 3 is 2.38 bits per heavy atom. The van der Waals surface area contributed by atoms with Crippen LogP contribution in [0.1, 0.15) is 13.3 Å². The molecule has 2 aromatic carbocycles. The summed E-state index contributed by atoms with van der Waals surface area (Å²) in [5.41, 5.74) is 7.92. The van der Waals surface area contributed by atoms with Crippen LogP contribution < -0.4 is 10.5 Å². The summed E-state index contributed by atoms with van der Waals surface area (Å²) in [6.07, 6.45) is 0.0941. The normalized spacial score (nSPS) is 11.1. The van der Waals surface area contributed by atoms with E-state index in [2.05, 4.69) is 0 Å². The highest BCUT2D eigenvalue weighted by Gasteiger charge is 2.17. The van der Waals surface area contributed by atoms with E-state index >= 15 is 0 Å². The van der Waals surface area contributed by atoms with Crippen LogP contribution >= 0.6 is 0 Å². The molecule has 0 spiro atoms. The van der Waals surface area contributed by atoms with Crippen molar-refractivity contribution in [2.75, 3.05) is 5.73 Å². The van der Waals surface area contributed by atoms with Gasteiger partial charge in [0.2, 0.25) is 5.91 Å². The Bertz CT molecular complexity index is 756. The average Bonchev–Trinajstić information content (AvgIpc) is 2.47. The van der Waals surface area contributed by atoms with Crippen LogP contribution in [-0.2, 0) is 14.8 Å². The summed E-state index contributed by atoms with van der Waals surface area (Å²) >= 11 is 0. The van der Waals surface area contributed by atoms with Gasteiger partial charge in [-0.2, -0.15) is 0 Å². The van der Waals surface area contributed by atoms with Gasteiger partial charge in [0.1, 0.15) is 0 Å². The van der Waals surface area contributed by atoms with Gasteiger partial charge in [0.25, 0.3) is 10.0 Å². The quantitative estimate of drug-likeness (QED) is 0.847. The number of benzene rings is 2. The van der Waals surface area contributed by atoms with E-state index < -0.39 is 15.9 Å². The fourth-order valence-electron chi connectivity index (χ4n) is 1.87. The maximum atomic E-state index is 12.0. The summed E-state index contributed by atoms with van der Waals surface area (Å²) in [4.78, 5) is 11.2.